The standard InChI is InChI=1S/C21H21FN4O2/c22-15-6-7-18-17(12-15)19(24-23-18)13-25-10-8-21(9-11-25)14-26(20(27)28-21)16-4-2-1-3-5-16/h1-7,12H,8-11,13-14H2,(H,23,24). The maximum absolute atomic E-state index is 13.6. The van der Waals surface area contributed by atoms with Crippen molar-refractivity contribution in [1.82, 2.24) is 15.1 Å². The molecule has 2 fully saturated rings. The third-order valence-electron chi connectivity index (χ3n) is 5.78. The third kappa shape index (κ3) is 3.01. The summed E-state index contributed by atoms with van der Waals surface area (Å²) >= 11 is 0. The molecule has 0 aliphatic carbocycles. The second-order valence-electron chi connectivity index (χ2n) is 7.61. The van der Waals surface area contributed by atoms with Gasteiger partial charge in [0.2, 0.25) is 0 Å². The average molecular weight is 380 g/mol. The fourth-order valence-electron chi connectivity index (χ4n) is 4.18. The normalized spacial score (nSPS) is 19.5. The van der Waals surface area contributed by atoms with Gasteiger partial charge in [-0.1, -0.05) is 18.2 Å². The summed E-state index contributed by atoms with van der Waals surface area (Å²) in [5.74, 6) is -0.258. The van der Waals surface area contributed by atoms with Crippen LogP contribution >= 0.6 is 0 Å². The molecule has 1 amide bonds. The van der Waals surface area contributed by atoms with Gasteiger partial charge >= 0.3 is 6.09 Å². The van der Waals surface area contributed by atoms with E-state index in [0.717, 1.165) is 48.2 Å². The molecule has 2 aliphatic heterocycles. The SMILES string of the molecule is O=C1OC2(CCN(Cc3n[nH]c4ccc(F)cc34)CC2)CN1c1ccccc1. The van der Waals surface area contributed by atoms with E-state index in [4.69, 9.17) is 4.74 Å². The second kappa shape index (κ2) is 6.60. The second-order valence-corrected chi connectivity index (χ2v) is 7.61. The molecule has 0 bridgehead atoms. The summed E-state index contributed by atoms with van der Waals surface area (Å²) in [6.45, 7) is 2.84. The van der Waals surface area contributed by atoms with E-state index < -0.39 is 5.60 Å². The number of para-hydroxylation sites is 1. The van der Waals surface area contributed by atoms with Crippen molar-refractivity contribution in [2.24, 2.45) is 0 Å². The maximum atomic E-state index is 13.6. The Morgan fingerprint density at radius 3 is 2.71 bits per heavy atom. The number of piperidine rings is 1. The minimum atomic E-state index is -0.427. The molecule has 2 aromatic carbocycles. The lowest BCUT2D eigenvalue weighted by atomic mass is 9.91. The lowest BCUT2D eigenvalue weighted by Gasteiger charge is -2.37. The molecule has 1 N–H and O–H groups in total. The number of aromatic nitrogens is 2. The number of fused-ring (bicyclic) bond motifs is 1. The molecule has 7 heteroatoms. The van der Waals surface area contributed by atoms with Gasteiger partial charge in [0.25, 0.3) is 0 Å². The summed E-state index contributed by atoms with van der Waals surface area (Å²) < 4.78 is 19.4. The van der Waals surface area contributed by atoms with E-state index in [0.29, 0.717) is 13.1 Å². The van der Waals surface area contributed by atoms with E-state index >= 15 is 0 Å². The quantitative estimate of drug-likeness (QED) is 0.753. The first kappa shape index (κ1) is 17.2. The Morgan fingerprint density at radius 2 is 1.93 bits per heavy atom. The van der Waals surface area contributed by atoms with Crippen LogP contribution < -0.4 is 4.90 Å². The summed E-state index contributed by atoms with van der Waals surface area (Å²) in [5.41, 5.74) is 2.13. The molecule has 1 spiro atoms. The van der Waals surface area contributed by atoms with Crippen LogP contribution in [0, 0.1) is 5.82 Å². The van der Waals surface area contributed by atoms with Gasteiger partial charge in [-0.05, 0) is 30.3 Å². The number of carbonyl (C=O) groups excluding carboxylic acids is 1. The summed E-state index contributed by atoms with van der Waals surface area (Å²) in [7, 11) is 0. The van der Waals surface area contributed by atoms with Gasteiger partial charge in [0.05, 0.1) is 17.8 Å². The highest BCUT2D eigenvalue weighted by atomic mass is 19.1. The molecule has 0 saturated carbocycles. The molecule has 2 saturated heterocycles. The van der Waals surface area contributed by atoms with E-state index in [1.54, 1.807) is 11.0 Å². The molecule has 0 atom stereocenters. The minimum absolute atomic E-state index is 0.258. The smallest absolute Gasteiger partial charge is 0.415 e. The summed E-state index contributed by atoms with van der Waals surface area (Å²) in [6, 6.07) is 14.3. The van der Waals surface area contributed by atoms with E-state index in [1.807, 2.05) is 30.3 Å². The van der Waals surface area contributed by atoms with Crippen LogP contribution in [0.5, 0.6) is 0 Å². The molecular formula is C21H21FN4O2. The predicted molar refractivity (Wildman–Crippen MR) is 104 cm³/mol. The number of carbonyl (C=O) groups is 1. The van der Waals surface area contributed by atoms with Crippen LogP contribution in [-0.4, -0.2) is 46.4 Å². The molecule has 0 unspecified atom stereocenters. The maximum Gasteiger partial charge on any atom is 0.415 e. The van der Waals surface area contributed by atoms with E-state index in [2.05, 4.69) is 15.1 Å². The van der Waals surface area contributed by atoms with Crippen LogP contribution in [0.2, 0.25) is 0 Å². The van der Waals surface area contributed by atoms with Crippen molar-refractivity contribution in [3.8, 4) is 0 Å². The molecule has 5 rings (SSSR count). The minimum Gasteiger partial charge on any atom is -0.441 e. The first-order valence-corrected chi connectivity index (χ1v) is 9.52. The molecule has 2 aliphatic rings. The largest absolute Gasteiger partial charge is 0.441 e. The van der Waals surface area contributed by atoms with E-state index in [1.165, 1.54) is 12.1 Å². The highest BCUT2D eigenvalue weighted by Crippen LogP contribution is 2.36. The number of halogens is 1. The van der Waals surface area contributed by atoms with Crippen LogP contribution in [0.3, 0.4) is 0 Å². The zero-order chi connectivity index (χ0) is 19.1. The van der Waals surface area contributed by atoms with Gasteiger partial charge in [-0.3, -0.25) is 14.9 Å². The molecule has 1 aromatic heterocycles. The van der Waals surface area contributed by atoms with Crippen LogP contribution in [0.4, 0.5) is 14.9 Å². The number of H-pyrrole nitrogens is 1. The molecule has 6 nitrogen and oxygen atoms in total. The van der Waals surface area contributed by atoms with Gasteiger partial charge < -0.3 is 4.74 Å². The van der Waals surface area contributed by atoms with Crippen molar-refractivity contribution in [2.75, 3.05) is 24.5 Å². The Balaban J connectivity index is 1.26. The van der Waals surface area contributed by atoms with Gasteiger partial charge in [-0.2, -0.15) is 5.10 Å². The number of anilines is 1. The summed E-state index contributed by atoms with van der Waals surface area (Å²) in [4.78, 5) is 16.4. The number of likely N-dealkylation sites (tertiary alicyclic amines) is 1. The van der Waals surface area contributed by atoms with Crippen molar-refractivity contribution in [1.29, 1.82) is 0 Å². The monoisotopic (exact) mass is 380 g/mol. The zero-order valence-corrected chi connectivity index (χ0v) is 15.4. The van der Waals surface area contributed by atoms with Gasteiger partial charge in [-0.25, -0.2) is 9.18 Å². The third-order valence-corrected chi connectivity index (χ3v) is 5.78. The molecular weight excluding hydrogens is 359 g/mol. The number of hydrogen-bond donors (Lipinski definition) is 1. The molecule has 28 heavy (non-hydrogen) atoms. The highest BCUT2D eigenvalue weighted by Gasteiger charge is 2.47. The molecule has 144 valence electrons. The fraction of sp³-hybridized carbons (Fsp3) is 0.333. The van der Waals surface area contributed by atoms with Gasteiger partial charge in [0.15, 0.2) is 0 Å². The number of nitrogens with zero attached hydrogens (tertiary/aromatic N) is 3. The number of aromatic amines is 1. The number of benzene rings is 2. The van der Waals surface area contributed by atoms with Crippen molar-refractivity contribution < 1.29 is 13.9 Å². The number of nitrogens with one attached hydrogen (secondary N) is 1. The lowest BCUT2D eigenvalue weighted by molar-refractivity contribution is -0.00115. The Kier molecular flexibility index (Phi) is 4.05. The van der Waals surface area contributed by atoms with Crippen LogP contribution in [0.15, 0.2) is 48.5 Å². The number of hydrogen-bond acceptors (Lipinski definition) is 4. The Labute approximate surface area is 161 Å². The van der Waals surface area contributed by atoms with Crippen molar-refractivity contribution in [2.45, 2.75) is 25.0 Å². The number of ether oxygens (including phenoxy) is 1. The first-order valence-electron chi connectivity index (χ1n) is 9.52. The van der Waals surface area contributed by atoms with Crippen LogP contribution in [0.1, 0.15) is 18.5 Å². The molecule has 0 radical (unpaired) electrons. The zero-order valence-electron chi connectivity index (χ0n) is 15.4. The highest BCUT2D eigenvalue weighted by molar-refractivity contribution is 5.90. The van der Waals surface area contributed by atoms with Crippen molar-refractivity contribution in [3.63, 3.8) is 0 Å². The topological polar surface area (TPSA) is 61.5 Å². The Morgan fingerprint density at radius 1 is 1.14 bits per heavy atom. The average Bonchev–Trinajstić information content (AvgIpc) is 3.25. The van der Waals surface area contributed by atoms with Crippen molar-refractivity contribution in [3.05, 3.63) is 60.0 Å². The Hall–Kier alpha value is -2.93. The van der Waals surface area contributed by atoms with Gasteiger partial charge in [-0.15, -0.1) is 0 Å². The fourth-order valence-corrected chi connectivity index (χ4v) is 4.18. The van der Waals surface area contributed by atoms with E-state index in [-0.39, 0.29) is 11.9 Å². The van der Waals surface area contributed by atoms with Crippen LogP contribution in [0.25, 0.3) is 10.9 Å². The Bertz CT molecular complexity index is 1010. The number of rotatable bonds is 3. The predicted octanol–water partition coefficient (Wildman–Crippen LogP) is 3.69. The van der Waals surface area contributed by atoms with Crippen LogP contribution in [-0.2, 0) is 11.3 Å². The summed E-state index contributed by atoms with van der Waals surface area (Å²) in [6.07, 6.45) is 1.28. The molecule has 3 aromatic rings. The van der Waals surface area contributed by atoms with Gasteiger partial charge in [0, 0.05) is 43.5 Å². The molecule has 3 heterocycles. The lowest BCUT2D eigenvalue weighted by Crippen LogP contribution is -2.46. The van der Waals surface area contributed by atoms with Gasteiger partial charge in [0.1, 0.15) is 11.4 Å². The van der Waals surface area contributed by atoms with E-state index in [9.17, 15) is 9.18 Å². The summed E-state index contributed by atoms with van der Waals surface area (Å²) in [5, 5.41) is 8.14. The number of amides is 1. The first-order chi connectivity index (χ1) is 13.6. The van der Waals surface area contributed by atoms with Crippen molar-refractivity contribution >= 4 is 22.7 Å².